The zero-order valence-electron chi connectivity index (χ0n) is 19.1. The SMILES string of the molecule is CCOc1ccccc1NC(=O)CC1C(=O)Nc2ccccc2N1C(=O)c1ccc(Cl)c([N+](=O)[O-])c1. The van der Waals surface area contributed by atoms with Crippen LogP contribution >= 0.6 is 11.6 Å². The van der Waals surface area contributed by atoms with E-state index in [1.54, 1.807) is 48.5 Å². The van der Waals surface area contributed by atoms with Gasteiger partial charge in [-0.15, -0.1) is 0 Å². The molecular formula is C25H21ClN4O6. The van der Waals surface area contributed by atoms with E-state index in [9.17, 15) is 24.5 Å². The lowest BCUT2D eigenvalue weighted by Crippen LogP contribution is -2.52. The summed E-state index contributed by atoms with van der Waals surface area (Å²) in [6.07, 6.45) is -0.373. The number of nitrogens with one attached hydrogen (secondary N) is 2. The van der Waals surface area contributed by atoms with Crippen LogP contribution in [0.4, 0.5) is 22.7 Å². The number of fused-ring (bicyclic) bond motifs is 1. The Kier molecular flexibility index (Phi) is 7.16. The van der Waals surface area contributed by atoms with E-state index in [-0.39, 0.29) is 17.0 Å². The van der Waals surface area contributed by atoms with Crippen molar-refractivity contribution in [2.24, 2.45) is 0 Å². The minimum atomic E-state index is -1.22. The van der Waals surface area contributed by atoms with Crippen LogP contribution in [0.3, 0.4) is 0 Å². The maximum Gasteiger partial charge on any atom is 0.288 e. The normalized spacial score (nSPS) is 14.4. The number of anilines is 3. The molecule has 11 heteroatoms. The largest absolute Gasteiger partial charge is 0.492 e. The van der Waals surface area contributed by atoms with Gasteiger partial charge in [0.1, 0.15) is 16.8 Å². The number of halogens is 1. The quantitative estimate of drug-likeness (QED) is 0.353. The molecule has 0 saturated heterocycles. The van der Waals surface area contributed by atoms with Gasteiger partial charge in [-0.25, -0.2) is 0 Å². The highest BCUT2D eigenvalue weighted by atomic mass is 35.5. The Hall–Kier alpha value is -4.44. The third-order valence-electron chi connectivity index (χ3n) is 5.48. The number of para-hydroxylation sites is 4. The number of nitro benzene ring substituents is 1. The van der Waals surface area contributed by atoms with E-state index in [4.69, 9.17) is 16.3 Å². The fourth-order valence-electron chi connectivity index (χ4n) is 3.88. The van der Waals surface area contributed by atoms with E-state index in [2.05, 4.69) is 10.6 Å². The highest BCUT2D eigenvalue weighted by Gasteiger charge is 2.39. The number of hydrogen-bond acceptors (Lipinski definition) is 6. The molecule has 1 unspecified atom stereocenters. The van der Waals surface area contributed by atoms with Crippen LogP contribution in [0.25, 0.3) is 0 Å². The van der Waals surface area contributed by atoms with Gasteiger partial charge >= 0.3 is 0 Å². The Morgan fingerprint density at radius 1 is 1.14 bits per heavy atom. The Bertz CT molecular complexity index is 1360. The Morgan fingerprint density at radius 3 is 2.61 bits per heavy atom. The van der Waals surface area contributed by atoms with Crippen LogP contribution in [-0.2, 0) is 9.59 Å². The molecule has 1 aliphatic rings. The predicted octanol–water partition coefficient (Wildman–Crippen LogP) is 4.64. The first-order valence-corrected chi connectivity index (χ1v) is 11.4. The third-order valence-corrected chi connectivity index (χ3v) is 5.80. The molecule has 10 nitrogen and oxygen atoms in total. The van der Waals surface area contributed by atoms with Crippen molar-refractivity contribution in [3.05, 3.63) is 87.4 Å². The standard InChI is InChI=1S/C25H21ClN4O6/c1-2-36-22-10-6-4-8-18(22)27-23(31)14-21-24(32)28-17-7-3-5-9-19(17)29(21)25(33)15-11-12-16(26)20(13-15)30(34)35/h3-13,21H,2,14H2,1H3,(H,27,31)(H,28,32). The number of carbonyl (C=O) groups is 3. The van der Waals surface area contributed by atoms with Crippen LogP contribution in [-0.4, -0.2) is 35.3 Å². The summed E-state index contributed by atoms with van der Waals surface area (Å²) in [6, 6.07) is 15.9. The molecule has 0 bridgehead atoms. The van der Waals surface area contributed by atoms with Crippen LogP contribution in [0.15, 0.2) is 66.7 Å². The molecule has 3 aromatic carbocycles. The first-order chi connectivity index (χ1) is 17.3. The summed E-state index contributed by atoms with van der Waals surface area (Å²) in [6.45, 7) is 2.21. The van der Waals surface area contributed by atoms with Crippen molar-refractivity contribution < 1.29 is 24.0 Å². The number of hydrogen-bond donors (Lipinski definition) is 2. The molecule has 2 N–H and O–H groups in total. The summed E-state index contributed by atoms with van der Waals surface area (Å²) in [5.41, 5.74) is 0.652. The fraction of sp³-hybridized carbons (Fsp3) is 0.160. The molecule has 0 aromatic heterocycles. The second kappa shape index (κ2) is 10.4. The van der Waals surface area contributed by atoms with Gasteiger partial charge in [0.25, 0.3) is 11.6 Å². The first kappa shape index (κ1) is 24.7. The van der Waals surface area contributed by atoms with Crippen LogP contribution in [0.1, 0.15) is 23.7 Å². The second-order valence-corrected chi connectivity index (χ2v) is 8.21. The highest BCUT2D eigenvalue weighted by molar-refractivity contribution is 6.33. The molecule has 36 heavy (non-hydrogen) atoms. The molecule has 4 rings (SSSR count). The van der Waals surface area contributed by atoms with Crippen molar-refractivity contribution in [1.82, 2.24) is 0 Å². The van der Waals surface area contributed by atoms with Gasteiger partial charge in [0.2, 0.25) is 11.8 Å². The van der Waals surface area contributed by atoms with Crippen molar-refractivity contribution in [2.45, 2.75) is 19.4 Å². The van der Waals surface area contributed by atoms with Gasteiger partial charge in [-0.1, -0.05) is 35.9 Å². The minimum absolute atomic E-state index is 0.0531. The number of amides is 3. The number of benzene rings is 3. The van der Waals surface area contributed by atoms with Crippen LogP contribution in [0, 0.1) is 10.1 Å². The molecule has 184 valence electrons. The van der Waals surface area contributed by atoms with Gasteiger partial charge in [-0.3, -0.25) is 29.4 Å². The summed E-state index contributed by atoms with van der Waals surface area (Å²) >= 11 is 5.90. The van der Waals surface area contributed by atoms with Gasteiger partial charge in [0, 0.05) is 11.6 Å². The maximum atomic E-state index is 13.6. The first-order valence-electron chi connectivity index (χ1n) is 11.0. The van der Waals surface area contributed by atoms with Crippen molar-refractivity contribution in [2.75, 3.05) is 22.1 Å². The summed E-state index contributed by atoms with van der Waals surface area (Å²) in [5, 5.41) is 16.7. The lowest BCUT2D eigenvalue weighted by atomic mass is 10.0. The van der Waals surface area contributed by atoms with Crippen molar-refractivity contribution in [3.63, 3.8) is 0 Å². The van der Waals surface area contributed by atoms with Crippen LogP contribution in [0.2, 0.25) is 5.02 Å². The highest BCUT2D eigenvalue weighted by Crippen LogP contribution is 2.35. The molecule has 3 amide bonds. The van der Waals surface area contributed by atoms with Crippen molar-refractivity contribution in [1.29, 1.82) is 0 Å². The molecule has 0 aliphatic carbocycles. The van der Waals surface area contributed by atoms with E-state index in [1.807, 2.05) is 6.92 Å². The predicted molar refractivity (Wildman–Crippen MR) is 135 cm³/mol. The lowest BCUT2D eigenvalue weighted by Gasteiger charge is -2.36. The number of rotatable bonds is 7. The Morgan fingerprint density at radius 2 is 1.86 bits per heavy atom. The number of nitrogens with zero attached hydrogens (tertiary/aromatic N) is 2. The van der Waals surface area contributed by atoms with Crippen LogP contribution in [0.5, 0.6) is 5.75 Å². The molecule has 1 atom stereocenters. The summed E-state index contributed by atoms with van der Waals surface area (Å²) in [4.78, 5) is 51.5. The van der Waals surface area contributed by atoms with Gasteiger partial charge in [-0.05, 0) is 43.3 Å². The third kappa shape index (κ3) is 4.98. The van der Waals surface area contributed by atoms with Crippen molar-refractivity contribution in [3.8, 4) is 5.75 Å². The molecule has 0 saturated carbocycles. The average Bonchev–Trinajstić information content (AvgIpc) is 2.85. The van der Waals surface area contributed by atoms with Gasteiger partial charge in [0.15, 0.2) is 0 Å². The van der Waals surface area contributed by atoms with E-state index < -0.39 is 34.4 Å². The number of ether oxygens (including phenoxy) is 1. The van der Waals surface area contributed by atoms with Gasteiger partial charge < -0.3 is 15.4 Å². The average molecular weight is 509 g/mol. The number of carbonyl (C=O) groups excluding carboxylic acids is 3. The molecule has 0 radical (unpaired) electrons. The Balaban J connectivity index is 1.68. The van der Waals surface area contributed by atoms with Crippen molar-refractivity contribution >= 4 is 52.1 Å². The van der Waals surface area contributed by atoms with E-state index in [0.717, 1.165) is 6.07 Å². The Labute approximate surface area is 211 Å². The van der Waals surface area contributed by atoms with Gasteiger partial charge in [0.05, 0.1) is 35.0 Å². The van der Waals surface area contributed by atoms with Gasteiger partial charge in [-0.2, -0.15) is 0 Å². The summed E-state index contributed by atoms with van der Waals surface area (Å²) in [5.74, 6) is -1.32. The smallest absolute Gasteiger partial charge is 0.288 e. The monoisotopic (exact) mass is 508 g/mol. The second-order valence-electron chi connectivity index (χ2n) is 7.80. The van der Waals surface area contributed by atoms with E-state index >= 15 is 0 Å². The summed E-state index contributed by atoms with van der Waals surface area (Å²) in [7, 11) is 0. The molecule has 0 fully saturated rings. The molecule has 0 spiro atoms. The number of nitro groups is 1. The molecule has 3 aromatic rings. The summed E-state index contributed by atoms with van der Waals surface area (Å²) < 4.78 is 5.53. The minimum Gasteiger partial charge on any atom is -0.492 e. The van der Waals surface area contributed by atoms with E-state index in [1.165, 1.54) is 17.0 Å². The lowest BCUT2D eigenvalue weighted by molar-refractivity contribution is -0.384. The fourth-order valence-corrected chi connectivity index (χ4v) is 4.06. The maximum absolute atomic E-state index is 13.6. The molecular weight excluding hydrogens is 488 g/mol. The van der Waals surface area contributed by atoms with Crippen LogP contribution < -0.4 is 20.3 Å². The molecule has 1 heterocycles. The zero-order valence-corrected chi connectivity index (χ0v) is 19.8. The topological polar surface area (TPSA) is 131 Å². The zero-order chi connectivity index (χ0) is 25.8. The molecule has 1 aliphatic heterocycles. The van der Waals surface area contributed by atoms with E-state index in [0.29, 0.717) is 29.4 Å².